The number of esters is 1. The lowest BCUT2D eigenvalue weighted by Crippen LogP contribution is -2.20. The van der Waals surface area contributed by atoms with Crippen LogP contribution in [-0.4, -0.2) is 58.7 Å². The molecule has 0 unspecified atom stereocenters. The van der Waals surface area contributed by atoms with Crippen LogP contribution >= 0.6 is 0 Å². The molecule has 0 aromatic carbocycles. The van der Waals surface area contributed by atoms with Crippen LogP contribution in [0.5, 0.6) is 0 Å². The predicted molar refractivity (Wildman–Crippen MR) is 83.9 cm³/mol. The molecule has 23 heavy (non-hydrogen) atoms. The highest BCUT2D eigenvalue weighted by Gasteiger charge is 2.13. The molecule has 0 fully saturated rings. The molecule has 136 valence electrons. The highest BCUT2D eigenvalue weighted by atomic mass is 16.5. The molecule has 0 spiro atoms. The molecule has 0 atom stereocenters. The van der Waals surface area contributed by atoms with E-state index in [0.29, 0.717) is 12.8 Å². The second-order valence-corrected chi connectivity index (χ2v) is 5.20. The van der Waals surface area contributed by atoms with E-state index in [0.717, 1.165) is 6.08 Å². The molecule has 0 heterocycles. The van der Waals surface area contributed by atoms with E-state index in [1.165, 1.54) is 7.11 Å². The van der Waals surface area contributed by atoms with Gasteiger partial charge >= 0.3 is 17.9 Å². The Balaban J connectivity index is -0.000000272. The number of hydrogen-bond donors (Lipinski definition) is 4. The fraction of sp³-hybridized carbons (Fsp3) is 0.667. The topological polar surface area (TPSA) is 141 Å². The van der Waals surface area contributed by atoms with Crippen LogP contribution in [0.15, 0.2) is 12.7 Å². The fourth-order valence-electron chi connectivity index (χ4n) is 0.686. The number of methoxy groups -OCH3 is 1. The lowest BCUT2D eigenvalue weighted by atomic mass is 9.97. The molecule has 0 aromatic heterocycles. The van der Waals surface area contributed by atoms with E-state index in [1.54, 1.807) is 13.8 Å². The van der Waals surface area contributed by atoms with Crippen molar-refractivity contribution in [3.8, 4) is 0 Å². The van der Waals surface area contributed by atoms with Crippen LogP contribution in [0.2, 0.25) is 0 Å². The van der Waals surface area contributed by atoms with Crippen molar-refractivity contribution in [1.82, 2.24) is 0 Å². The summed E-state index contributed by atoms with van der Waals surface area (Å²) in [6.45, 7) is 6.84. The van der Waals surface area contributed by atoms with Crippen molar-refractivity contribution in [2.45, 2.75) is 39.5 Å². The zero-order valence-corrected chi connectivity index (χ0v) is 13.9. The molecule has 0 radical (unpaired) electrons. The molecule has 0 aliphatic carbocycles. The number of aliphatic hydroxyl groups excluding tert-OH is 2. The Hall–Kier alpha value is -1.93. The number of carbonyl (C=O) groups is 3. The summed E-state index contributed by atoms with van der Waals surface area (Å²) in [6, 6.07) is 0. The summed E-state index contributed by atoms with van der Waals surface area (Å²) in [5, 5.41) is 33.1. The third-order valence-corrected chi connectivity index (χ3v) is 2.26. The van der Waals surface area contributed by atoms with E-state index in [9.17, 15) is 14.4 Å². The summed E-state index contributed by atoms with van der Waals surface area (Å²) < 4.78 is 4.14. The van der Waals surface area contributed by atoms with Gasteiger partial charge in [0.05, 0.1) is 20.3 Å². The van der Waals surface area contributed by atoms with Gasteiger partial charge in [-0.3, -0.25) is 9.59 Å². The molecule has 0 aromatic rings. The minimum absolute atomic E-state index is 0.0451. The van der Waals surface area contributed by atoms with Crippen LogP contribution in [0, 0.1) is 5.41 Å². The maximum absolute atomic E-state index is 9.90. The van der Waals surface area contributed by atoms with Gasteiger partial charge in [-0.25, -0.2) is 4.79 Å². The number of unbranched alkanes of at least 4 members (excludes halogenated alkanes) is 1. The van der Waals surface area contributed by atoms with E-state index in [4.69, 9.17) is 20.4 Å². The quantitative estimate of drug-likeness (QED) is 0.293. The SMILES string of the molecule is C=CC(=O)OC.CC(C)(CO)CO.O=C(O)CCCCC(=O)O. The average Bonchev–Trinajstić information content (AvgIpc) is 2.51. The predicted octanol–water partition coefficient (Wildman–Crippen LogP) is 1.06. The summed E-state index contributed by atoms with van der Waals surface area (Å²) >= 11 is 0. The van der Waals surface area contributed by atoms with Crippen molar-refractivity contribution in [3.05, 3.63) is 12.7 Å². The Kier molecular flexibility index (Phi) is 18.6. The van der Waals surface area contributed by atoms with Crippen molar-refractivity contribution in [1.29, 1.82) is 0 Å². The van der Waals surface area contributed by atoms with Crippen LogP contribution in [0.3, 0.4) is 0 Å². The third kappa shape index (κ3) is 28.9. The van der Waals surface area contributed by atoms with Crippen LogP contribution in [0.1, 0.15) is 39.5 Å². The summed E-state index contributed by atoms with van der Waals surface area (Å²) in [5.74, 6) is -2.13. The lowest BCUT2D eigenvalue weighted by molar-refractivity contribution is -0.139. The van der Waals surface area contributed by atoms with E-state index in [-0.39, 0.29) is 31.5 Å². The van der Waals surface area contributed by atoms with Crippen molar-refractivity contribution in [2.75, 3.05) is 20.3 Å². The van der Waals surface area contributed by atoms with Crippen molar-refractivity contribution in [2.24, 2.45) is 5.41 Å². The zero-order valence-electron chi connectivity index (χ0n) is 13.9. The number of carbonyl (C=O) groups excluding carboxylic acids is 1. The molecule has 0 bridgehead atoms. The molecule has 8 heteroatoms. The van der Waals surface area contributed by atoms with Crippen molar-refractivity contribution < 1.29 is 39.5 Å². The van der Waals surface area contributed by atoms with Crippen LogP contribution in [-0.2, 0) is 19.1 Å². The van der Waals surface area contributed by atoms with Crippen LogP contribution in [0.4, 0.5) is 0 Å². The molecular formula is C15H28O8. The van der Waals surface area contributed by atoms with E-state index >= 15 is 0 Å². The first kappa shape index (κ1) is 26.0. The normalized spacial score (nSPS) is 9.43. The molecule has 0 saturated heterocycles. The van der Waals surface area contributed by atoms with Gasteiger partial charge in [0.1, 0.15) is 0 Å². The standard InChI is InChI=1S/C6H10O4.C5H12O2.C4H6O2/c7-5(8)3-1-2-4-6(9)10;1-5(2,3-6)4-7;1-3-4(5)6-2/h1-4H2,(H,7,8)(H,9,10);6-7H,3-4H2,1-2H3;3H,1H2,2H3. The number of carboxylic acid groups (broad SMARTS) is 2. The molecule has 0 aliphatic rings. The van der Waals surface area contributed by atoms with Gasteiger partial charge in [0.2, 0.25) is 0 Å². The third-order valence-electron chi connectivity index (χ3n) is 2.26. The minimum Gasteiger partial charge on any atom is -0.481 e. The Morgan fingerprint density at radius 2 is 1.35 bits per heavy atom. The Labute approximate surface area is 136 Å². The maximum atomic E-state index is 9.90. The van der Waals surface area contributed by atoms with Gasteiger partial charge in [-0.1, -0.05) is 20.4 Å². The van der Waals surface area contributed by atoms with Crippen molar-refractivity contribution >= 4 is 17.9 Å². The number of carboxylic acids is 2. The molecule has 0 rings (SSSR count). The Morgan fingerprint density at radius 1 is 1.00 bits per heavy atom. The number of aliphatic hydroxyl groups is 2. The number of hydrogen-bond acceptors (Lipinski definition) is 6. The van der Waals surface area contributed by atoms with E-state index in [2.05, 4.69) is 11.3 Å². The highest BCUT2D eigenvalue weighted by molar-refractivity contribution is 5.80. The van der Waals surface area contributed by atoms with Gasteiger partial charge in [-0.05, 0) is 12.8 Å². The molecule has 8 nitrogen and oxygen atoms in total. The molecular weight excluding hydrogens is 308 g/mol. The summed E-state index contributed by atoms with van der Waals surface area (Å²) in [6.07, 6.45) is 2.13. The average molecular weight is 336 g/mol. The molecule has 0 aliphatic heterocycles. The Bertz CT molecular complexity index is 327. The Morgan fingerprint density at radius 3 is 1.43 bits per heavy atom. The van der Waals surface area contributed by atoms with E-state index in [1.807, 2.05) is 0 Å². The largest absolute Gasteiger partial charge is 0.481 e. The van der Waals surface area contributed by atoms with Gasteiger partial charge < -0.3 is 25.2 Å². The van der Waals surface area contributed by atoms with Gasteiger partial charge in [-0.15, -0.1) is 0 Å². The number of rotatable bonds is 8. The summed E-state index contributed by atoms with van der Waals surface area (Å²) in [7, 11) is 1.31. The first-order valence-electron chi connectivity index (χ1n) is 6.92. The molecule has 4 N–H and O–H groups in total. The fourth-order valence-corrected chi connectivity index (χ4v) is 0.686. The van der Waals surface area contributed by atoms with Gasteiger partial charge in [0, 0.05) is 24.3 Å². The van der Waals surface area contributed by atoms with Gasteiger partial charge in [0.25, 0.3) is 0 Å². The summed E-state index contributed by atoms with van der Waals surface area (Å²) in [4.78, 5) is 29.6. The molecule has 0 saturated carbocycles. The lowest BCUT2D eigenvalue weighted by Gasteiger charge is -2.16. The van der Waals surface area contributed by atoms with Crippen molar-refractivity contribution in [3.63, 3.8) is 0 Å². The second-order valence-electron chi connectivity index (χ2n) is 5.20. The first-order valence-corrected chi connectivity index (χ1v) is 6.92. The monoisotopic (exact) mass is 336 g/mol. The zero-order chi connectivity index (χ0) is 18.9. The van der Waals surface area contributed by atoms with Crippen LogP contribution in [0.25, 0.3) is 0 Å². The van der Waals surface area contributed by atoms with Gasteiger partial charge in [-0.2, -0.15) is 0 Å². The van der Waals surface area contributed by atoms with E-state index < -0.39 is 17.9 Å². The van der Waals surface area contributed by atoms with Crippen LogP contribution < -0.4 is 0 Å². The minimum atomic E-state index is -0.870. The highest BCUT2D eigenvalue weighted by Crippen LogP contribution is 2.10. The second kappa shape index (κ2) is 16.4. The summed E-state index contributed by atoms with van der Waals surface area (Å²) in [5.41, 5.74) is -0.306. The maximum Gasteiger partial charge on any atom is 0.329 e. The number of aliphatic carboxylic acids is 2. The molecule has 0 amide bonds. The van der Waals surface area contributed by atoms with Gasteiger partial charge in [0.15, 0.2) is 0 Å². The smallest absolute Gasteiger partial charge is 0.329 e. The first-order chi connectivity index (χ1) is 10.6. The number of ether oxygens (including phenoxy) is 1.